The van der Waals surface area contributed by atoms with E-state index < -0.39 is 40.9 Å². The molecule has 0 amide bonds. The fraction of sp³-hybridized carbons (Fsp3) is 0.580. The second-order valence-corrected chi connectivity index (χ2v) is 53.1. The van der Waals surface area contributed by atoms with Gasteiger partial charge in [0.15, 0.2) is 0 Å². The van der Waals surface area contributed by atoms with Crippen molar-refractivity contribution in [3.8, 4) is 44.5 Å². The maximum absolute atomic E-state index is 4.93. The Bertz CT molecular complexity index is 3750. The van der Waals surface area contributed by atoms with Crippen molar-refractivity contribution in [2.45, 2.75) is 323 Å². The van der Waals surface area contributed by atoms with Crippen molar-refractivity contribution < 1.29 is 0 Å². The Kier molecular flexibility index (Phi) is 26.5. The predicted octanol–water partition coefficient (Wildman–Crippen LogP) is 29.7. The van der Waals surface area contributed by atoms with Gasteiger partial charge in [0.05, 0.1) is 0 Å². The van der Waals surface area contributed by atoms with E-state index in [2.05, 4.69) is 280 Å². The van der Waals surface area contributed by atoms with Crippen molar-refractivity contribution in [3.63, 3.8) is 0 Å². The molecule has 104 heavy (non-hydrogen) atoms. The Balaban J connectivity index is 0.000000233. The van der Waals surface area contributed by atoms with Crippen LogP contribution in [-0.2, 0) is 0 Å². The van der Waals surface area contributed by atoms with Crippen LogP contribution in [0.2, 0.25) is 8.87 Å². The molecule has 0 aromatic heterocycles. The summed E-state index contributed by atoms with van der Waals surface area (Å²) in [5.41, 5.74) is 31.1. The van der Waals surface area contributed by atoms with Crippen LogP contribution in [-0.4, -0.2) is 47.5 Å². The molecule has 8 aliphatic rings. The van der Waals surface area contributed by atoms with E-state index in [0.29, 0.717) is 81.8 Å². The second-order valence-electron chi connectivity index (χ2n) is 38.5. The molecule has 8 aliphatic carbocycles. The van der Waals surface area contributed by atoms with E-state index in [4.69, 9.17) is 8.86 Å². The first-order valence-corrected chi connectivity index (χ1v) is 51.9. The van der Waals surface area contributed by atoms with Gasteiger partial charge in [0, 0.05) is 0 Å². The third-order valence-corrected chi connectivity index (χ3v) is 45.4. The molecule has 557 valence electrons. The summed E-state index contributed by atoms with van der Waals surface area (Å²) in [6.07, 6.45) is 22.4. The van der Waals surface area contributed by atoms with Crippen LogP contribution >= 0.6 is 17.1 Å². The third kappa shape index (κ3) is 16.7. The predicted molar refractivity (Wildman–Crippen MR) is 471 cm³/mol. The average molecular weight is 1640 g/mol. The van der Waals surface area contributed by atoms with Gasteiger partial charge in [-0.25, -0.2) is 0 Å². The van der Waals surface area contributed by atoms with E-state index in [9.17, 15) is 0 Å². The van der Waals surface area contributed by atoms with Crippen molar-refractivity contribution in [2.24, 2.45) is 46.3 Å². The summed E-state index contributed by atoms with van der Waals surface area (Å²) in [7, 11) is 6.50. The second kappa shape index (κ2) is 33.7. The van der Waals surface area contributed by atoms with E-state index in [-0.39, 0.29) is 0 Å². The Morgan fingerprint density at radius 3 is 0.875 bits per heavy atom. The summed E-state index contributed by atoms with van der Waals surface area (Å²) in [5, 5.41) is 1.64. The minimum atomic E-state index is -2.59. The molecule has 14 rings (SSSR count). The van der Waals surface area contributed by atoms with Gasteiger partial charge in [0.1, 0.15) is 0 Å². The number of hydrogen-bond acceptors (Lipinski definition) is 0. The molecule has 0 nitrogen and oxygen atoms in total. The van der Waals surface area contributed by atoms with Gasteiger partial charge in [-0.3, -0.25) is 0 Å². The van der Waals surface area contributed by atoms with Gasteiger partial charge in [-0.2, -0.15) is 0 Å². The van der Waals surface area contributed by atoms with Crippen molar-refractivity contribution >= 4 is 73.5 Å². The molecule has 0 spiro atoms. The van der Waals surface area contributed by atoms with E-state index in [0.717, 1.165) is 39.9 Å². The SMILES string of the molecule is C=C[CH2][Sn]([C](=P)C12CC3CC(CC(C3)C1)C2)[C](=Pc1c(-c2c(C(C)C)cc(C(C)C)cc2C(C)C)cccc1-c1c(C(C)C)cc(C(C)C)cc1C(C)C)C12CC3CC(CC(C3)C1)C2.C=C[CH2][Sn][c]1c(-c2c(C(C)C)cc(C(C)C)cc2C(C)C)cccc1-c1c(C(C)C)cc(C(C)C)cc1C(C)C. The summed E-state index contributed by atoms with van der Waals surface area (Å²) in [6, 6.07) is 35.5. The van der Waals surface area contributed by atoms with Gasteiger partial charge in [-0.15, -0.1) is 0 Å². The van der Waals surface area contributed by atoms with Gasteiger partial charge in [0.2, 0.25) is 0 Å². The summed E-state index contributed by atoms with van der Waals surface area (Å²) < 4.78 is 8.01. The average Bonchev–Trinajstić information content (AvgIpc) is 0.719. The molecule has 4 heteroatoms. The van der Waals surface area contributed by atoms with Gasteiger partial charge >= 0.3 is 664 Å². The van der Waals surface area contributed by atoms with E-state index in [1.165, 1.54) is 159 Å². The normalized spacial score (nSPS) is 22.9. The Labute approximate surface area is 658 Å². The van der Waals surface area contributed by atoms with Crippen LogP contribution in [0.4, 0.5) is 0 Å². The first-order valence-electron chi connectivity index (χ1n) is 42.2. The number of allylic oxidation sites excluding steroid dienone is 2. The molecule has 8 bridgehead atoms. The van der Waals surface area contributed by atoms with Crippen molar-refractivity contribution in [1.82, 2.24) is 0 Å². The van der Waals surface area contributed by atoms with Crippen LogP contribution in [0.15, 0.2) is 110 Å². The zero-order valence-corrected chi connectivity index (χ0v) is 77.5. The molecule has 0 atom stereocenters. The number of hydrogen-bond donors (Lipinski definition) is 0. The first-order chi connectivity index (χ1) is 49.2. The van der Waals surface area contributed by atoms with Gasteiger partial charge in [-0.1, -0.05) is 0 Å². The molecule has 3 radical (unpaired) electrons. The van der Waals surface area contributed by atoms with Crippen molar-refractivity contribution in [3.05, 3.63) is 177 Å². The monoisotopic (exact) mass is 1640 g/mol. The van der Waals surface area contributed by atoms with Crippen molar-refractivity contribution in [2.75, 3.05) is 0 Å². The van der Waals surface area contributed by atoms with Gasteiger partial charge in [-0.05, 0) is 0 Å². The minimum absolute atomic E-state index is 0.366. The van der Waals surface area contributed by atoms with E-state index in [1.807, 2.05) is 3.31 Å². The Morgan fingerprint density at radius 1 is 0.385 bits per heavy atom. The molecule has 0 N–H and O–H groups in total. The molecular weight excluding hydrogens is 1500 g/mol. The van der Waals surface area contributed by atoms with Crippen LogP contribution in [0.5, 0.6) is 0 Å². The Morgan fingerprint density at radius 2 is 0.635 bits per heavy atom. The molecule has 8 saturated carbocycles. The van der Waals surface area contributed by atoms with E-state index >= 15 is 0 Å². The van der Waals surface area contributed by atoms with Gasteiger partial charge in [0.25, 0.3) is 0 Å². The molecule has 0 unspecified atom stereocenters. The quantitative estimate of drug-likeness (QED) is 0.0288. The molecule has 0 heterocycles. The summed E-state index contributed by atoms with van der Waals surface area (Å²) in [4.78, 5) is 0. The fourth-order valence-corrected chi connectivity index (χ4v) is 40.5. The topological polar surface area (TPSA) is 0 Å². The molecule has 6 aromatic carbocycles. The number of rotatable bonds is 26. The fourth-order valence-electron chi connectivity index (χ4n) is 21.7. The van der Waals surface area contributed by atoms with Crippen LogP contribution < -0.4 is 8.88 Å². The van der Waals surface area contributed by atoms with Crippen molar-refractivity contribution in [1.29, 1.82) is 0 Å². The summed E-state index contributed by atoms with van der Waals surface area (Å²) in [5.74, 6) is 11.2. The third-order valence-electron chi connectivity index (χ3n) is 26.4. The van der Waals surface area contributed by atoms with E-state index in [1.54, 1.807) is 50.5 Å². The zero-order valence-electron chi connectivity index (χ0n) is 69.9. The Hall–Kier alpha value is -3.26. The molecule has 0 saturated heterocycles. The van der Waals surface area contributed by atoms with Crippen LogP contribution in [0.1, 0.15) is 381 Å². The van der Waals surface area contributed by atoms with Crippen LogP contribution in [0.25, 0.3) is 44.5 Å². The number of benzene rings is 6. The standard InChI is InChI=1S/C47H64P.C36H49.C11H16P.2C3H5.2Sn/c1-27(2)36-19-40(29(5)6)44(41(20-36)30(7)8)38-14-13-15-39(45-42(31(9)10)21-37(28(3)4)22-43(45)32(11)12)46(38)48-26-47-23-33-16-34(24-47)18-35(17-33)25-47;1-21(2)29-17-31(23(5)6)35(32(18-29)24(7)8)27-14-13-15-28(16-27)36-33(25(9)10)19-30(22(3)4)20-34(36)26(11)12;12-7-11-4-8-1-9(5-11)3-10(2-8)6-11;2*1-3-2;;/h13-15,19-22,27-35H,16-18,23-25H2,1-12H3;13-15,17-26H,1-12H3;8-10,12H,1-6H2;2*3H,1-2H2;;. The summed E-state index contributed by atoms with van der Waals surface area (Å²) in [6.45, 7) is 66.4. The molecule has 6 aromatic rings. The maximum atomic E-state index is 4.93. The molecular formula is C100H139P2Sn2. The van der Waals surface area contributed by atoms with Crippen LogP contribution in [0.3, 0.4) is 0 Å². The first kappa shape index (κ1) is 81.7. The molecule has 8 fully saturated rings. The zero-order chi connectivity index (χ0) is 75.5. The molecule has 0 aliphatic heterocycles. The van der Waals surface area contributed by atoms with Crippen LogP contribution in [0, 0.1) is 46.3 Å². The van der Waals surface area contributed by atoms with Gasteiger partial charge < -0.3 is 0 Å². The summed E-state index contributed by atoms with van der Waals surface area (Å²) >= 11 is -3.54.